The molecule has 1 amide bonds. The molecule has 23 heavy (non-hydrogen) atoms. The average Bonchev–Trinajstić information content (AvgIpc) is 3.05. The Morgan fingerprint density at radius 2 is 1.87 bits per heavy atom. The highest BCUT2D eigenvalue weighted by Crippen LogP contribution is 2.27. The summed E-state index contributed by atoms with van der Waals surface area (Å²) in [7, 11) is 1.91. The second-order valence-electron chi connectivity index (χ2n) is 6.89. The lowest BCUT2D eigenvalue weighted by molar-refractivity contribution is 0.0673. The molecule has 1 saturated heterocycles. The van der Waals surface area contributed by atoms with Crippen molar-refractivity contribution in [3.05, 3.63) is 11.9 Å². The number of aromatic nitrogens is 3. The highest BCUT2D eigenvalue weighted by Gasteiger charge is 2.27. The molecule has 7 heteroatoms. The molecule has 2 heterocycles. The van der Waals surface area contributed by atoms with Crippen LogP contribution in [0, 0.1) is 5.92 Å². The van der Waals surface area contributed by atoms with E-state index in [9.17, 15) is 4.79 Å². The van der Waals surface area contributed by atoms with Gasteiger partial charge in [0.2, 0.25) is 0 Å². The Balaban J connectivity index is 0.00000192. The molecule has 1 aliphatic heterocycles. The van der Waals surface area contributed by atoms with Gasteiger partial charge in [-0.2, -0.15) is 0 Å². The van der Waals surface area contributed by atoms with Gasteiger partial charge in [-0.15, -0.1) is 17.5 Å². The Morgan fingerprint density at radius 1 is 1.22 bits per heavy atom. The van der Waals surface area contributed by atoms with Gasteiger partial charge in [-0.1, -0.05) is 12.1 Å². The molecule has 6 nitrogen and oxygen atoms in total. The first-order valence-corrected chi connectivity index (χ1v) is 8.55. The molecule has 0 atom stereocenters. The van der Waals surface area contributed by atoms with Gasteiger partial charge >= 0.3 is 0 Å². The van der Waals surface area contributed by atoms with Crippen molar-refractivity contribution in [2.45, 2.75) is 57.5 Å². The second kappa shape index (κ2) is 8.11. The van der Waals surface area contributed by atoms with Gasteiger partial charge in [-0.05, 0) is 57.5 Å². The number of rotatable bonds is 3. The third-order valence-electron chi connectivity index (χ3n) is 5.27. The number of nitrogens with zero attached hydrogens (tertiary/aromatic N) is 4. The van der Waals surface area contributed by atoms with Crippen LogP contribution in [0.25, 0.3) is 0 Å². The highest BCUT2D eigenvalue weighted by atomic mass is 35.5. The zero-order valence-electron chi connectivity index (χ0n) is 14.1. The number of hydrogen-bond acceptors (Lipinski definition) is 4. The van der Waals surface area contributed by atoms with Crippen molar-refractivity contribution in [1.29, 1.82) is 0 Å². The van der Waals surface area contributed by atoms with E-state index in [2.05, 4.69) is 22.6 Å². The third kappa shape index (κ3) is 4.23. The van der Waals surface area contributed by atoms with Crippen molar-refractivity contribution in [2.75, 3.05) is 20.1 Å². The normalized spacial score (nSPS) is 25.7. The smallest absolute Gasteiger partial charge is 0.276 e. The molecule has 1 saturated carbocycles. The summed E-state index contributed by atoms with van der Waals surface area (Å²) in [5.74, 6) is 0.806. The van der Waals surface area contributed by atoms with Crippen LogP contribution in [0.1, 0.15) is 62.0 Å². The van der Waals surface area contributed by atoms with E-state index in [0.717, 1.165) is 44.7 Å². The van der Waals surface area contributed by atoms with Crippen LogP contribution in [0.15, 0.2) is 6.20 Å². The third-order valence-corrected chi connectivity index (χ3v) is 5.27. The van der Waals surface area contributed by atoms with Crippen molar-refractivity contribution in [1.82, 2.24) is 25.2 Å². The molecular weight excluding hydrogens is 314 g/mol. The standard InChI is InChI=1S/C16H27N5O.ClH/c1-12-3-5-13(6-4-12)20(2)16(22)15-11-21(19-18-15)14-7-9-17-10-8-14;/h11-14,17H,3-10H2,1-2H3;1H. The van der Waals surface area contributed by atoms with E-state index in [0.29, 0.717) is 17.8 Å². The molecule has 0 radical (unpaired) electrons. The van der Waals surface area contributed by atoms with E-state index in [4.69, 9.17) is 0 Å². The summed E-state index contributed by atoms with van der Waals surface area (Å²) in [6, 6.07) is 0.726. The molecule has 1 aliphatic carbocycles. The molecule has 0 unspecified atom stereocenters. The predicted octanol–water partition coefficient (Wildman–Crippen LogP) is 2.28. The summed E-state index contributed by atoms with van der Waals surface area (Å²) >= 11 is 0. The Kier molecular flexibility index (Phi) is 6.41. The molecule has 130 valence electrons. The predicted molar refractivity (Wildman–Crippen MR) is 91.9 cm³/mol. The molecular formula is C16H28ClN5O. The lowest BCUT2D eigenvalue weighted by atomic mass is 9.86. The highest BCUT2D eigenvalue weighted by molar-refractivity contribution is 5.91. The van der Waals surface area contributed by atoms with Gasteiger partial charge < -0.3 is 10.2 Å². The minimum atomic E-state index is 0. The fourth-order valence-electron chi connectivity index (χ4n) is 3.60. The molecule has 3 rings (SSSR count). The van der Waals surface area contributed by atoms with E-state index in [1.54, 1.807) is 0 Å². The van der Waals surface area contributed by atoms with Gasteiger partial charge in [-0.3, -0.25) is 4.79 Å². The number of hydrogen-bond donors (Lipinski definition) is 1. The zero-order chi connectivity index (χ0) is 15.5. The molecule has 0 aromatic carbocycles. The number of piperidine rings is 1. The van der Waals surface area contributed by atoms with E-state index >= 15 is 0 Å². The fourth-order valence-corrected chi connectivity index (χ4v) is 3.60. The van der Waals surface area contributed by atoms with E-state index < -0.39 is 0 Å². The monoisotopic (exact) mass is 341 g/mol. The summed E-state index contributed by atoms with van der Waals surface area (Å²) in [6.45, 7) is 4.31. The maximum Gasteiger partial charge on any atom is 0.276 e. The Bertz CT molecular complexity index is 506. The van der Waals surface area contributed by atoms with Gasteiger partial charge in [0.1, 0.15) is 0 Å². The lowest BCUT2D eigenvalue weighted by Gasteiger charge is -2.33. The van der Waals surface area contributed by atoms with Gasteiger partial charge in [0.05, 0.1) is 12.2 Å². The first-order chi connectivity index (χ1) is 10.6. The minimum absolute atomic E-state index is 0. The number of amides is 1. The largest absolute Gasteiger partial charge is 0.337 e. The SMILES string of the molecule is CC1CCC(N(C)C(=O)c2cn(C3CCNCC3)nn2)CC1.Cl. The van der Waals surface area contributed by atoms with E-state index in [1.807, 2.05) is 22.8 Å². The summed E-state index contributed by atoms with van der Waals surface area (Å²) in [4.78, 5) is 14.5. The van der Waals surface area contributed by atoms with Crippen molar-refractivity contribution in [3.63, 3.8) is 0 Å². The maximum atomic E-state index is 12.6. The van der Waals surface area contributed by atoms with Crippen LogP contribution in [0.3, 0.4) is 0 Å². The fraction of sp³-hybridized carbons (Fsp3) is 0.812. The molecule has 1 N–H and O–H groups in total. The number of halogens is 1. The number of nitrogens with one attached hydrogen (secondary N) is 1. The van der Waals surface area contributed by atoms with Crippen LogP contribution in [-0.2, 0) is 0 Å². The summed E-state index contributed by atoms with van der Waals surface area (Å²) in [6.07, 6.45) is 8.56. The van der Waals surface area contributed by atoms with Crippen molar-refractivity contribution >= 4 is 18.3 Å². The second-order valence-corrected chi connectivity index (χ2v) is 6.89. The Hall–Kier alpha value is -1.14. The summed E-state index contributed by atoms with van der Waals surface area (Å²) < 4.78 is 1.88. The molecule has 0 bridgehead atoms. The minimum Gasteiger partial charge on any atom is -0.337 e. The zero-order valence-corrected chi connectivity index (χ0v) is 14.9. The summed E-state index contributed by atoms with van der Waals surface area (Å²) in [5, 5.41) is 11.7. The number of carbonyl (C=O) groups excluding carboxylic acids is 1. The van der Waals surface area contributed by atoms with E-state index in [-0.39, 0.29) is 18.3 Å². The topological polar surface area (TPSA) is 63.1 Å². The van der Waals surface area contributed by atoms with Crippen LogP contribution >= 0.6 is 12.4 Å². The van der Waals surface area contributed by atoms with Gasteiger partial charge in [0.25, 0.3) is 5.91 Å². The molecule has 2 fully saturated rings. The maximum absolute atomic E-state index is 12.6. The molecule has 1 aromatic heterocycles. The van der Waals surface area contributed by atoms with Crippen LogP contribution in [0.5, 0.6) is 0 Å². The van der Waals surface area contributed by atoms with Crippen molar-refractivity contribution in [3.8, 4) is 0 Å². The molecule has 2 aliphatic rings. The van der Waals surface area contributed by atoms with E-state index in [1.165, 1.54) is 12.8 Å². The lowest BCUT2D eigenvalue weighted by Crippen LogP contribution is -2.39. The van der Waals surface area contributed by atoms with Crippen LogP contribution < -0.4 is 5.32 Å². The molecule has 0 spiro atoms. The average molecular weight is 342 g/mol. The number of carbonyl (C=O) groups is 1. The quantitative estimate of drug-likeness (QED) is 0.916. The Morgan fingerprint density at radius 3 is 2.52 bits per heavy atom. The molecule has 1 aromatic rings. The van der Waals surface area contributed by atoms with Gasteiger partial charge in [-0.25, -0.2) is 4.68 Å². The van der Waals surface area contributed by atoms with Gasteiger partial charge in [0, 0.05) is 13.1 Å². The first kappa shape index (κ1) is 18.2. The van der Waals surface area contributed by atoms with Crippen molar-refractivity contribution < 1.29 is 4.79 Å². The Labute approximate surface area is 144 Å². The van der Waals surface area contributed by atoms with Crippen molar-refractivity contribution in [2.24, 2.45) is 5.92 Å². The summed E-state index contributed by atoms with van der Waals surface area (Å²) in [5.41, 5.74) is 0.486. The van der Waals surface area contributed by atoms with Crippen LogP contribution in [0.2, 0.25) is 0 Å². The van der Waals surface area contributed by atoms with Gasteiger partial charge in [0.15, 0.2) is 5.69 Å². The first-order valence-electron chi connectivity index (χ1n) is 8.55. The van der Waals surface area contributed by atoms with Crippen LogP contribution in [0.4, 0.5) is 0 Å². The van der Waals surface area contributed by atoms with Crippen LogP contribution in [-0.4, -0.2) is 52.0 Å².